The van der Waals surface area contributed by atoms with Gasteiger partial charge in [-0.3, -0.25) is 4.90 Å². The molecule has 8 heteroatoms. The number of nitrogens with zero attached hydrogens (tertiary/aromatic N) is 5. The summed E-state index contributed by atoms with van der Waals surface area (Å²) in [5, 5.41) is 15.3. The largest absolute Gasteiger partial charge is 0.492 e. The van der Waals surface area contributed by atoms with Crippen LogP contribution in [0, 0.1) is 19.7 Å². The monoisotopic (exact) mass is 437 g/mol. The number of benzene rings is 2. The predicted octanol–water partition coefficient (Wildman–Crippen LogP) is 4.16. The molecule has 2 aromatic carbocycles. The van der Waals surface area contributed by atoms with Gasteiger partial charge < -0.3 is 10.0 Å². The lowest BCUT2D eigenvalue weighted by molar-refractivity contribution is 0.211. The summed E-state index contributed by atoms with van der Waals surface area (Å²) in [6.45, 7) is 7.20. The van der Waals surface area contributed by atoms with Crippen molar-refractivity contribution in [1.82, 2.24) is 19.5 Å². The molecule has 0 saturated carbocycles. The third kappa shape index (κ3) is 3.77. The number of halogens is 1. The Balaban J connectivity index is 1.46. The van der Waals surface area contributed by atoms with E-state index in [1.165, 1.54) is 33.5 Å². The molecular weight excluding hydrogens is 413 g/mol. The minimum Gasteiger partial charge on any atom is -0.492 e. The van der Waals surface area contributed by atoms with Crippen molar-refractivity contribution in [2.45, 2.75) is 19.9 Å². The standard InChI is InChI=1S/C23H24FN5OS/c1-15-3-5-17(6-4-15)20(21-22(30)29-23(31-21)25-16(2)26-29)28-13-11-27(12-14-28)19-9-7-18(24)8-10-19/h3-10,20,30H,11-14H2,1-2H3/t20-/m1/s1. The lowest BCUT2D eigenvalue weighted by Crippen LogP contribution is -2.47. The van der Waals surface area contributed by atoms with Crippen molar-refractivity contribution in [2.75, 3.05) is 31.1 Å². The number of piperazine rings is 1. The number of fused-ring (bicyclic) bond motifs is 1. The van der Waals surface area contributed by atoms with Crippen molar-refractivity contribution in [3.63, 3.8) is 0 Å². The Labute approximate surface area is 184 Å². The van der Waals surface area contributed by atoms with Crippen molar-refractivity contribution in [1.29, 1.82) is 0 Å². The number of hydrogen-bond acceptors (Lipinski definition) is 6. The topological polar surface area (TPSA) is 56.9 Å². The minimum absolute atomic E-state index is 0.0789. The normalized spacial score (nSPS) is 16.2. The second-order valence-corrected chi connectivity index (χ2v) is 8.97. The number of anilines is 1. The Hall–Kier alpha value is -2.97. The van der Waals surface area contributed by atoms with Gasteiger partial charge in [-0.05, 0) is 43.7 Å². The van der Waals surface area contributed by atoms with Crippen LogP contribution in [-0.4, -0.2) is 50.8 Å². The summed E-state index contributed by atoms with van der Waals surface area (Å²) in [6, 6.07) is 15.1. The van der Waals surface area contributed by atoms with Crippen molar-refractivity contribution in [2.24, 2.45) is 0 Å². The van der Waals surface area contributed by atoms with Crippen LogP contribution >= 0.6 is 11.3 Å². The molecular formula is C23H24FN5OS. The molecule has 31 heavy (non-hydrogen) atoms. The molecule has 0 spiro atoms. The highest BCUT2D eigenvalue weighted by Gasteiger charge is 2.31. The van der Waals surface area contributed by atoms with Crippen molar-refractivity contribution in [3.05, 3.63) is 76.2 Å². The van der Waals surface area contributed by atoms with Crippen LogP contribution in [0.2, 0.25) is 0 Å². The fourth-order valence-corrected chi connectivity index (χ4v) is 5.36. The summed E-state index contributed by atoms with van der Waals surface area (Å²) < 4.78 is 14.8. The molecule has 0 aliphatic carbocycles. The lowest BCUT2D eigenvalue weighted by atomic mass is 10.0. The average Bonchev–Trinajstić information content (AvgIpc) is 3.28. The van der Waals surface area contributed by atoms with Crippen LogP contribution in [-0.2, 0) is 0 Å². The molecule has 6 nitrogen and oxygen atoms in total. The summed E-state index contributed by atoms with van der Waals surface area (Å²) in [4.78, 5) is 10.7. The maximum absolute atomic E-state index is 13.3. The van der Waals surface area contributed by atoms with Gasteiger partial charge in [0.2, 0.25) is 10.8 Å². The zero-order valence-electron chi connectivity index (χ0n) is 17.5. The summed E-state index contributed by atoms with van der Waals surface area (Å²) >= 11 is 1.49. The molecule has 0 radical (unpaired) electrons. The highest BCUT2D eigenvalue weighted by Crippen LogP contribution is 2.40. The highest BCUT2D eigenvalue weighted by molar-refractivity contribution is 7.17. The Morgan fingerprint density at radius 1 is 0.968 bits per heavy atom. The molecule has 2 aromatic heterocycles. The van der Waals surface area contributed by atoms with Crippen LogP contribution in [0.5, 0.6) is 5.88 Å². The predicted molar refractivity (Wildman–Crippen MR) is 120 cm³/mol. The first kappa shape index (κ1) is 20.0. The van der Waals surface area contributed by atoms with E-state index in [2.05, 4.69) is 51.1 Å². The highest BCUT2D eigenvalue weighted by atomic mass is 32.1. The number of hydrogen-bond donors (Lipinski definition) is 1. The van der Waals surface area contributed by atoms with E-state index in [0.29, 0.717) is 10.8 Å². The first-order valence-electron chi connectivity index (χ1n) is 10.4. The van der Waals surface area contributed by atoms with Crippen LogP contribution < -0.4 is 4.90 Å². The molecule has 1 N–H and O–H groups in total. The van der Waals surface area contributed by atoms with E-state index < -0.39 is 0 Å². The fourth-order valence-electron chi connectivity index (χ4n) is 4.19. The molecule has 1 fully saturated rings. The van der Waals surface area contributed by atoms with Gasteiger partial charge in [0.1, 0.15) is 11.6 Å². The zero-order valence-corrected chi connectivity index (χ0v) is 18.3. The summed E-state index contributed by atoms with van der Waals surface area (Å²) in [5.41, 5.74) is 3.37. The molecule has 1 aliphatic heterocycles. The Morgan fingerprint density at radius 3 is 2.29 bits per heavy atom. The molecule has 4 aromatic rings. The van der Waals surface area contributed by atoms with Gasteiger partial charge in [0.15, 0.2) is 0 Å². The summed E-state index contributed by atoms with van der Waals surface area (Å²) in [5.74, 6) is 0.587. The maximum atomic E-state index is 13.3. The quantitative estimate of drug-likeness (QED) is 0.520. The minimum atomic E-state index is -0.219. The molecule has 0 bridgehead atoms. The Bertz CT molecular complexity index is 1190. The second kappa shape index (κ2) is 7.94. The van der Waals surface area contributed by atoms with Gasteiger partial charge in [-0.2, -0.15) is 4.52 Å². The number of aryl methyl sites for hydroxylation is 2. The van der Waals surface area contributed by atoms with Crippen molar-refractivity contribution in [3.8, 4) is 5.88 Å². The van der Waals surface area contributed by atoms with E-state index in [1.54, 1.807) is 0 Å². The molecule has 1 aliphatic rings. The third-order valence-corrected chi connectivity index (χ3v) is 6.89. The number of aromatic nitrogens is 3. The first-order chi connectivity index (χ1) is 15.0. The number of rotatable bonds is 4. The maximum Gasteiger partial charge on any atom is 0.230 e. The zero-order chi connectivity index (χ0) is 21.5. The Morgan fingerprint density at radius 2 is 1.65 bits per heavy atom. The molecule has 5 rings (SSSR count). The molecule has 1 saturated heterocycles. The van der Waals surface area contributed by atoms with Gasteiger partial charge in [-0.25, -0.2) is 9.37 Å². The third-order valence-electron chi connectivity index (χ3n) is 5.82. The van der Waals surface area contributed by atoms with E-state index in [4.69, 9.17) is 0 Å². The van der Waals surface area contributed by atoms with E-state index in [0.717, 1.165) is 42.3 Å². The van der Waals surface area contributed by atoms with Gasteiger partial charge >= 0.3 is 0 Å². The molecule has 160 valence electrons. The van der Waals surface area contributed by atoms with Crippen molar-refractivity contribution < 1.29 is 9.50 Å². The van der Waals surface area contributed by atoms with Crippen LogP contribution in [0.3, 0.4) is 0 Å². The van der Waals surface area contributed by atoms with Gasteiger partial charge in [-0.1, -0.05) is 41.2 Å². The smallest absolute Gasteiger partial charge is 0.230 e. The van der Waals surface area contributed by atoms with E-state index in [-0.39, 0.29) is 17.7 Å². The van der Waals surface area contributed by atoms with Crippen molar-refractivity contribution >= 4 is 22.0 Å². The van der Waals surface area contributed by atoms with E-state index >= 15 is 0 Å². The number of thiazole rings is 1. The second-order valence-electron chi connectivity index (χ2n) is 7.96. The first-order valence-corrected chi connectivity index (χ1v) is 11.2. The number of aromatic hydroxyl groups is 1. The van der Waals surface area contributed by atoms with Gasteiger partial charge in [0.25, 0.3) is 0 Å². The SMILES string of the molecule is Cc1ccc([C@H](c2sc3nc(C)nn3c2O)N2CCN(c3ccc(F)cc3)CC2)cc1. The van der Waals surface area contributed by atoms with E-state index in [9.17, 15) is 9.50 Å². The summed E-state index contributed by atoms with van der Waals surface area (Å²) in [6.07, 6.45) is 0. The molecule has 3 heterocycles. The Kier molecular flexibility index (Phi) is 5.11. The molecule has 0 amide bonds. The molecule has 1 atom stereocenters. The summed E-state index contributed by atoms with van der Waals surface area (Å²) in [7, 11) is 0. The van der Waals surface area contributed by atoms with Crippen LogP contribution in [0.25, 0.3) is 4.96 Å². The van der Waals surface area contributed by atoms with E-state index in [1.807, 2.05) is 19.1 Å². The van der Waals surface area contributed by atoms with Crippen LogP contribution in [0.15, 0.2) is 48.5 Å². The van der Waals surface area contributed by atoms with Gasteiger partial charge in [0, 0.05) is 31.9 Å². The van der Waals surface area contributed by atoms with Crippen LogP contribution in [0.4, 0.5) is 10.1 Å². The molecule has 0 unspecified atom stereocenters. The lowest BCUT2D eigenvalue weighted by Gasteiger charge is -2.40. The fraction of sp³-hybridized carbons (Fsp3) is 0.304. The van der Waals surface area contributed by atoms with Gasteiger partial charge in [-0.15, -0.1) is 5.10 Å². The van der Waals surface area contributed by atoms with Gasteiger partial charge in [0.05, 0.1) is 10.9 Å². The average molecular weight is 438 g/mol. The van der Waals surface area contributed by atoms with Crippen LogP contribution in [0.1, 0.15) is 27.9 Å².